The molecule has 1 amide bonds. The minimum Gasteiger partial charge on any atom is -0.370 e. The van der Waals surface area contributed by atoms with Gasteiger partial charge in [0.1, 0.15) is 5.82 Å². The average Bonchev–Trinajstić information content (AvgIpc) is 3.41. The Morgan fingerprint density at radius 2 is 2.21 bits per heavy atom. The standard InChI is InChI=1S/C21H24FN3O3/c1-13-8-16(28-24-13)10-25-11-18-17(19-6-7-21(18,12-25)27-19)9-23-20(26)14-2-4-15(22)5-3-14/h2-5,8,17-19H,6-7,9-12H2,1H3,(H,23,26)/t17-,18+,19+,21+/m0/s1. The first-order valence-electron chi connectivity index (χ1n) is 9.88. The lowest BCUT2D eigenvalue weighted by Crippen LogP contribution is -2.41. The van der Waals surface area contributed by atoms with Crippen molar-refractivity contribution in [3.8, 4) is 0 Å². The van der Waals surface area contributed by atoms with Crippen LogP contribution in [0.1, 0.15) is 34.7 Å². The lowest BCUT2D eigenvalue weighted by molar-refractivity contribution is 0.00155. The molecule has 28 heavy (non-hydrogen) atoms. The van der Waals surface area contributed by atoms with Crippen molar-refractivity contribution in [1.29, 1.82) is 0 Å². The first kappa shape index (κ1) is 17.8. The molecule has 6 nitrogen and oxygen atoms in total. The maximum absolute atomic E-state index is 13.1. The van der Waals surface area contributed by atoms with Gasteiger partial charge in [0.05, 0.1) is 23.9 Å². The number of rotatable bonds is 5. The first-order chi connectivity index (χ1) is 13.5. The summed E-state index contributed by atoms with van der Waals surface area (Å²) in [5, 5.41) is 7.00. The summed E-state index contributed by atoms with van der Waals surface area (Å²) in [4.78, 5) is 14.8. The number of carbonyl (C=O) groups is 1. The number of nitrogens with one attached hydrogen (secondary N) is 1. The molecule has 0 aliphatic carbocycles. The highest BCUT2D eigenvalue weighted by molar-refractivity contribution is 5.94. The smallest absolute Gasteiger partial charge is 0.251 e. The second-order valence-electron chi connectivity index (χ2n) is 8.35. The van der Waals surface area contributed by atoms with Gasteiger partial charge in [0, 0.05) is 43.1 Å². The topological polar surface area (TPSA) is 67.6 Å². The van der Waals surface area contributed by atoms with E-state index in [9.17, 15) is 9.18 Å². The Hall–Kier alpha value is -2.25. The van der Waals surface area contributed by atoms with E-state index in [4.69, 9.17) is 9.26 Å². The monoisotopic (exact) mass is 385 g/mol. The third-order valence-electron chi connectivity index (χ3n) is 6.52. The molecule has 4 heterocycles. The number of amides is 1. The molecule has 2 bridgehead atoms. The fourth-order valence-electron chi connectivity index (χ4n) is 5.31. The van der Waals surface area contributed by atoms with Crippen LogP contribution < -0.4 is 5.32 Å². The summed E-state index contributed by atoms with van der Waals surface area (Å²) in [6, 6.07) is 7.62. The summed E-state index contributed by atoms with van der Waals surface area (Å²) < 4.78 is 24.9. The summed E-state index contributed by atoms with van der Waals surface area (Å²) in [7, 11) is 0. The van der Waals surface area contributed by atoms with Crippen molar-refractivity contribution in [2.75, 3.05) is 19.6 Å². The van der Waals surface area contributed by atoms with Crippen molar-refractivity contribution in [3.63, 3.8) is 0 Å². The van der Waals surface area contributed by atoms with Gasteiger partial charge < -0.3 is 14.6 Å². The van der Waals surface area contributed by atoms with Crippen LogP contribution in [0.2, 0.25) is 0 Å². The van der Waals surface area contributed by atoms with Crippen molar-refractivity contribution in [1.82, 2.24) is 15.4 Å². The fraction of sp³-hybridized carbons (Fsp3) is 0.524. The van der Waals surface area contributed by atoms with Gasteiger partial charge in [-0.2, -0.15) is 0 Å². The molecule has 3 fully saturated rings. The van der Waals surface area contributed by atoms with Crippen LogP contribution >= 0.6 is 0 Å². The minimum absolute atomic E-state index is 0.0923. The number of aromatic nitrogens is 1. The molecule has 0 radical (unpaired) electrons. The summed E-state index contributed by atoms with van der Waals surface area (Å²) in [5.74, 6) is 1.09. The highest BCUT2D eigenvalue weighted by atomic mass is 19.1. The van der Waals surface area contributed by atoms with Crippen LogP contribution in [-0.2, 0) is 11.3 Å². The molecule has 0 saturated carbocycles. The Morgan fingerprint density at radius 3 is 2.96 bits per heavy atom. The van der Waals surface area contributed by atoms with Gasteiger partial charge in [-0.05, 0) is 44.0 Å². The maximum Gasteiger partial charge on any atom is 0.251 e. The van der Waals surface area contributed by atoms with Crippen molar-refractivity contribution in [2.24, 2.45) is 11.8 Å². The minimum atomic E-state index is -0.340. The van der Waals surface area contributed by atoms with E-state index in [2.05, 4.69) is 15.4 Å². The van der Waals surface area contributed by atoms with E-state index in [0.717, 1.165) is 43.9 Å². The van der Waals surface area contributed by atoms with Gasteiger partial charge >= 0.3 is 0 Å². The molecule has 4 atom stereocenters. The van der Waals surface area contributed by atoms with E-state index >= 15 is 0 Å². The van der Waals surface area contributed by atoms with Crippen LogP contribution in [-0.4, -0.2) is 47.3 Å². The van der Waals surface area contributed by atoms with E-state index in [1.165, 1.54) is 24.3 Å². The number of ether oxygens (including phenoxy) is 1. The molecule has 1 spiro atoms. The SMILES string of the molecule is Cc1cc(CN2C[C@@H]3[C@H](CNC(=O)c4ccc(F)cc4)[C@H]4CC[C@]3(C2)O4)on1. The van der Waals surface area contributed by atoms with Crippen LogP contribution in [0.3, 0.4) is 0 Å². The molecule has 3 saturated heterocycles. The Morgan fingerprint density at radius 1 is 1.39 bits per heavy atom. The molecular formula is C21H24FN3O3. The molecular weight excluding hydrogens is 361 g/mol. The van der Waals surface area contributed by atoms with Crippen LogP contribution in [0.25, 0.3) is 0 Å². The van der Waals surface area contributed by atoms with Crippen molar-refractivity contribution in [3.05, 3.63) is 53.2 Å². The maximum atomic E-state index is 13.1. The van der Waals surface area contributed by atoms with Crippen LogP contribution in [0.4, 0.5) is 4.39 Å². The number of hydrogen-bond donors (Lipinski definition) is 1. The molecule has 3 aliphatic heterocycles. The van der Waals surface area contributed by atoms with Crippen molar-refractivity contribution < 1.29 is 18.4 Å². The van der Waals surface area contributed by atoms with Crippen LogP contribution in [0, 0.1) is 24.6 Å². The van der Waals surface area contributed by atoms with E-state index in [1.807, 2.05) is 13.0 Å². The number of hydrogen-bond acceptors (Lipinski definition) is 5. The Balaban J connectivity index is 1.24. The fourth-order valence-corrected chi connectivity index (χ4v) is 5.31. The van der Waals surface area contributed by atoms with Gasteiger partial charge in [0.25, 0.3) is 5.91 Å². The summed E-state index contributed by atoms with van der Waals surface area (Å²) in [6.07, 6.45) is 2.34. The molecule has 2 aromatic rings. The van der Waals surface area contributed by atoms with Gasteiger partial charge in [-0.15, -0.1) is 0 Å². The number of halogens is 1. The summed E-state index contributed by atoms with van der Waals surface area (Å²) in [5.41, 5.74) is 1.28. The van der Waals surface area contributed by atoms with Gasteiger partial charge in [0.2, 0.25) is 0 Å². The number of likely N-dealkylation sites (tertiary alicyclic amines) is 1. The summed E-state index contributed by atoms with van der Waals surface area (Å²) >= 11 is 0. The highest BCUT2D eigenvalue weighted by Crippen LogP contribution is 2.54. The van der Waals surface area contributed by atoms with E-state index in [-0.39, 0.29) is 23.4 Å². The second kappa shape index (κ2) is 6.67. The first-order valence-corrected chi connectivity index (χ1v) is 9.88. The number of aryl methyl sites for hydroxylation is 1. The van der Waals surface area contributed by atoms with E-state index < -0.39 is 0 Å². The second-order valence-corrected chi connectivity index (χ2v) is 8.35. The predicted molar refractivity (Wildman–Crippen MR) is 99.1 cm³/mol. The molecule has 0 unspecified atom stereocenters. The highest BCUT2D eigenvalue weighted by Gasteiger charge is 2.62. The molecule has 148 valence electrons. The number of carbonyl (C=O) groups excluding carboxylic acids is 1. The van der Waals surface area contributed by atoms with E-state index in [0.29, 0.717) is 23.9 Å². The zero-order valence-corrected chi connectivity index (χ0v) is 15.9. The zero-order chi connectivity index (χ0) is 19.3. The summed E-state index contributed by atoms with van der Waals surface area (Å²) in [6.45, 7) is 5.09. The van der Waals surface area contributed by atoms with Crippen LogP contribution in [0.5, 0.6) is 0 Å². The third kappa shape index (κ3) is 3.02. The lowest BCUT2D eigenvalue weighted by Gasteiger charge is -2.29. The normalized spacial score (nSPS) is 31.3. The van der Waals surface area contributed by atoms with Gasteiger partial charge in [0.15, 0.2) is 5.76 Å². The lowest BCUT2D eigenvalue weighted by atomic mass is 9.73. The van der Waals surface area contributed by atoms with Crippen LogP contribution in [0.15, 0.2) is 34.9 Å². The van der Waals surface area contributed by atoms with Gasteiger partial charge in [-0.25, -0.2) is 4.39 Å². The third-order valence-corrected chi connectivity index (χ3v) is 6.52. The Labute approximate surface area is 163 Å². The number of nitrogens with zero attached hydrogens (tertiary/aromatic N) is 2. The molecule has 5 rings (SSSR count). The molecule has 7 heteroatoms. The predicted octanol–water partition coefficient (Wildman–Crippen LogP) is 2.53. The number of benzene rings is 1. The Kier molecular flexibility index (Phi) is 4.25. The quantitative estimate of drug-likeness (QED) is 0.857. The number of fused-ring (bicyclic) bond motifs is 1. The zero-order valence-electron chi connectivity index (χ0n) is 15.9. The van der Waals surface area contributed by atoms with Crippen molar-refractivity contribution in [2.45, 2.75) is 38.0 Å². The average molecular weight is 385 g/mol. The van der Waals surface area contributed by atoms with Gasteiger partial charge in [-0.1, -0.05) is 5.16 Å². The largest absolute Gasteiger partial charge is 0.370 e. The van der Waals surface area contributed by atoms with Gasteiger partial charge in [-0.3, -0.25) is 9.69 Å². The Bertz CT molecular complexity index is 883. The molecule has 1 aromatic heterocycles. The van der Waals surface area contributed by atoms with E-state index in [1.54, 1.807) is 0 Å². The molecule has 1 N–H and O–H groups in total. The molecule has 1 aromatic carbocycles. The molecule has 3 aliphatic rings. The van der Waals surface area contributed by atoms with Crippen molar-refractivity contribution >= 4 is 5.91 Å².